The summed E-state index contributed by atoms with van der Waals surface area (Å²) in [6, 6.07) is 10.0. The Bertz CT molecular complexity index is 818. The first kappa shape index (κ1) is 15.3. The maximum atomic E-state index is 12.9. The van der Waals surface area contributed by atoms with Crippen molar-refractivity contribution in [1.29, 1.82) is 0 Å². The zero-order chi connectivity index (χ0) is 16.7. The lowest BCUT2D eigenvalue weighted by Crippen LogP contribution is -2.40. The van der Waals surface area contributed by atoms with Crippen molar-refractivity contribution in [2.75, 3.05) is 4.90 Å². The Kier molecular flexibility index (Phi) is 3.85. The molecule has 0 saturated heterocycles. The molecule has 2 aliphatic rings. The van der Waals surface area contributed by atoms with E-state index >= 15 is 0 Å². The van der Waals surface area contributed by atoms with Crippen molar-refractivity contribution in [3.63, 3.8) is 0 Å². The van der Waals surface area contributed by atoms with E-state index in [1.807, 2.05) is 42.6 Å². The largest absolute Gasteiger partial charge is 0.294 e. The second kappa shape index (κ2) is 6.02. The van der Waals surface area contributed by atoms with Gasteiger partial charge in [-0.15, -0.1) is 0 Å². The highest BCUT2D eigenvalue weighted by Crippen LogP contribution is 2.43. The third-order valence-electron chi connectivity index (χ3n) is 4.91. The van der Waals surface area contributed by atoms with Crippen LogP contribution in [0.3, 0.4) is 0 Å². The van der Waals surface area contributed by atoms with Gasteiger partial charge in [-0.2, -0.15) is 11.3 Å². The SMILES string of the molecule is Cc1ccc(N2C(=O)CC(c3ccsc3)C3=C2CCCC3=O)cc1. The van der Waals surface area contributed by atoms with Gasteiger partial charge >= 0.3 is 0 Å². The third-order valence-corrected chi connectivity index (χ3v) is 5.61. The number of hydrogen-bond donors (Lipinski definition) is 0. The summed E-state index contributed by atoms with van der Waals surface area (Å²) in [4.78, 5) is 27.4. The minimum Gasteiger partial charge on any atom is -0.294 e. The summed E-state index contributed by atoms with van der Waals surface area (Å²) in [5.41, 5.74) is 4.91. The predicted octanol–water partition coefficient (Wildman–Crippen LogP) is 4.58. The number of rotatable bonds is 2. The van der Waals surface area contributed by atoms with Crippen LogP contribution in [0.25, 0.3) is 0 Å². The van der Waals surface area contributed by atoms with Crippen molar-refractivity contribution in [2.45, 2.75) is 38.5 Å². The van der Waals surface area contributed by atoms with Crippen LogP contribution in [0.1, 0.15) is 42.7 Å². The smallest absolute Gasteiger partial charge is 0.232 e. The molecule has 2 heterocycles. The molecule has 0 radical (unpaired) electrons. The third kappa shape index (κ3) is 2.51. The van der Waals surface area contributed by atoms with Gasteiger partial charge in [0, 0.05) is 35.7 Å². The lowest BCUT2D eigenvalue weighted by Gasteiger charge is -2.38. The fourth-order valence-electron chi connectivity index (χ4n) is 3.74. The quantitative estimate of drug-likeness (QED) is 0.804. The lowest BCUT2D eigenvalue weighted by atomic mass is 9.78. The molecule has 0 saturated carbocycles. The number of ketones is 1. The average Bonchev–Trinajstić information content (AvgIpc) is 3.10. The molecule has 0 N–H and O–H groups in total. The monoisotopic (exact) mass is 337 g/mol. The molecular weight excluding hydrogens is 318 g/mol. The Balaban J connectivity index is 1.85. The molecule has 3 nitrogen and oxygen atoms in total. The van der Waals surface area contributed by atoms with E-state index in [2.05, 4.69) is 5.38 Å². The van der Waals surface area contributed by atoms with Crippen LogP contribution in [-0.2, 0) is 9.59 Å². The fourth-order valence-corrected chi connectivity index (χ4v) is 4.46. The minimum absolute atomic E-state index is 0.0757. The molecule has 1 aromatic heterocycles. The van der Waals surface area contributed by atoms with Gasteiger partial charge in [-0.3, -0.25) is 14.5 Å². The molecule has 1 atom stereocenters. The van der Waals surface area contributed by atoms with E-state index in [9.17, 15) is 9.59 Å². The van der Waals surface area contributed by atoms with Gasteiger partial charge in [0.1, 0.15) is 0 Å². The Morgan fingerprint density at radius 2 is 1.88 bits per heavy atom. The number of benzene rings is 1. The van der Waals surface area contributed by atoms with Crippen molar-refractivity contribution in [3.05, 3.63) is 63.5 Å². The number of amides is 1. The van der Waals surface area contributed by atoms with Crippen LogP contribution < -0.4 is 4.90 Å². The zero-order valence-corrected chi connectivity index (χ0v) is 14.4. The summed E-state index contributed by atoms with van der Waals surface area (Å²) < 4.78 is 0. The summed E-state index contributed by atoms with van der Waals surface area (Å²) in [5, 5.41) is 4.08. The van der Waals surface area contributed by atoms with E-state index in [1.54, 1.807) is 16.2 Å². The van der Waals surface area contributed by atoms with E-state index in [1.165, 1.54) is 0 Å². The normalized spacial score (nSPS) is 21.2. The van der Waals surface area contributed by atoms with E-state index < -0.39 is 0 Å². The van der Waals surface area contributed by atoms with Crippen molar-refractivity contribution in [1.82, 2.24) is 0 Å². The van der Waals surface area contributed by atoms with Crippen LogP contribution in [0, 0.1) is 6.92 Å². The Hall–Kier alpha value is -2.20. The number of aryl methyl sites for hydroxylation is 1. The summed E-state index contributed by atoms with van der Waals surface area (Å²) in [6.45, 7) is 2.03. The standard InChI is InChI=1S/C20H19NO2S/c1-13-5-7-15(8-6-13)21-17-3-2-4-18(22)20(17)16(11-19(21)23)14-9-10-24-12-14/h5-10,12,16H,2-4,11H2,1H3. The second-order valence-corrected chi connectivity index (χ2v) is 7.30. The van der Waals surface area contributed by atoms with Crippen molar-refractivity contribution >= 4 is 28.7 Å². The van der Waals surface area contributed by atoms with Crippen molar-refractivity contribution < 1.29 is 9.59 Å². The van der Waals surface area contributed by atoms with Crippen LogP contribution in [0.4, 0.5) is 5.69 Å². The molecule has 2 aromatic rings. The number of thiophene rings is 1. The van der Waals surface area contributed by atoms with Gasteiger partial charge in [0.25, 0.3) is 0 Å². The molecule has 0 fully saturated rings. The molecule has 1 amide bonds. The highest BCUT2D eigenvalue weighted by Gasteiger charge is 2.39. The summed E-state index contributed by atoms with van der Waals surface area (Å²) in [7, 11) is 0. The van der Waals surface area contributed by atoms with Crippen molar-refractivity contribution in [3.8, 4) is 0 Å². The van der Waals surface area contributed by atoms with Gasteiger partial charge in [0.15, 0.2) is 5.78 Å². The Morgan fingerprint density at radius 3 is 2.58 bits per heavy atom. The summed E-state index contributed by atoms with van der Waals surface area (Å²) in [5.74, 6) is 0.216. The average molecular weight is 337 g/mol. The highest BCUT2D eigenvalue weighted by molar-refractivity contribution is 7.08. The van der Waals surface area contributed by atoms with E-state index in [0.29, 0.717) is 12.8 Å². The molecule has 24 heavy (non-hydrogen) atoms. The number of allylic oxidation sites excluding steroid dienone is 2. The van der Waals surface area contributed by atoms with E-state index in [-0.39, 0.29) is 17.6 Å². The van der Waals surface area contributed by atoms with Gasteiger partial charge in [-0.1, -0.05) is 17.7 Å². The maximum Gasteiger partial charge on any atom is 0.232 e. The molecule has 1 aromatic carbocycles. The lowest BCUT2D eigenvalue weighted by molar-refractivity contribution is -0.119. The molecule has 1 aliphatic heterocycles. The maximum absolute atomic E-state index is 12.9. The predicted molar refractivity (Wildman–Crippen MR) is 96.2 cm³/mol. The van der Waals surface area contributed by atoms with Crippen LogP contribution in [0.15, 0.2) is 52.4 Å². The molecular formula is C20H19NO2S. The number of nitrogens with zero attached hydrogens (tertiary/aromatic N) is 1. The van der Waals surface area contributed by atoms with E-state index in [0.717, 1.165) is 40.9 Å². The van der Waals surface area contributed by atoms with Gasteiger partial charge in [0.2, 0.25) is 5.91 Å². The molecule has 4 rings (SSSR count). The van der Waals surface area contributed by atoms with Crippen molar-refractivity contribution in [2.24, 2.45) is 0 Å². The van der Waals surface area contributed by atoms with E-state index in [4.69, 9.17) is 0 Å². The fraction of sp³-hybridized carbons (Fsp3) is 0.300. The number of carbonyl (C=O) groups excluding carboxylic acids is 2. The molecule has 1 unspecified atom stereocenters. The summed E-state index contributed by atoms with van der Waals surface area (Å²) >= 11 is 1.62. The molecule has 1 aliphatic carbocycles. The van der Waals surface area contributed by atoms with Gasteiger partial charge < -0.3 is 0 Å². The second-order valence-electron chi connectivity index (χ2n) is 6.52. The van der Waals surface area contributed by atoms with Crippen LogP contribution in [0.2, 0.25) is 0 Å². The number of Topliss-reactive ketones (excluding diaryl/α,β-unsaturated/α-hetero) is 1. The molecule has 0 bridgehead atoms. The Morgan fingerprint density at radius 1 is 1.08 bits per heavy atom. The molecule has 4 heteroatoms. The molecule has 122 valence electrons. The highest BCUT2D eigenvalue weighted by atomic mass is 32.1. The molecule has 0 spiro atoms. The summed E-state index contributed by atoms with van der Waals surface area (Å²) in [6.07, 6.45) is 2.58. The first-order valence-electron chi connectivity index (χ1n) is 8.33. The van der Waals surface area contributed by atoms with Gasteiger partial charge in [-0.25, -0.2) is 0 Å². The van der Waals surface area contributed by atoms with Crippen LogP contribution in [0.5, 0.6) is 0 Å². The first-order chi connectivity index (χ1) is 11.6. The van der Waals surface area contributed by atoms with Gasteiger partial charge in [-0.05, 0) is 54.3 Å². The topological polar surface area (TPSA) is 37.4 Å². The Labute approximate surface area is 145 Å². The zero-order valence-electron chi connectivity index (χ0n) is 13.6. The number of carbonyl (C=O) groups is 2. The minimum atomic E-state index is -0.0757. The van der Waals surface area contributed by atoms with Crippen LogP contribution in [-0.4, -0.2) is 11.7 Å². The number of hydrogen-bond acceptors (Lipinski definition) is 3. The van der Waals surface area contributed by atoms with Crippen LogP contribution >= 0.6 is 11.3 Å². The number of anilines is 1. The first-order valence-corrected chi connectivity index (χ1v) is 9.27. The van der Waals surface area contributed by atoms with Gasteiger partial charge in [0.05, 0.1) is 0 Å².